The van der Waals surface area contributed by atoms with Gasteiger partial charge in [0.25, 0.3) is 5.91 Å². The lowest BCUT2D eigenvalue weighted by Gasteiger charge is -2.15. The molecule has 2 aliphatic rings. The number of benzene rings is 1. The van der Waals surface area contributed by atoms with Crippen molar-refractivity contribution >= 4 is 35.8 Å². The maximum Gasteiger partial charge on any atom is 0.251 e. The molecule has 1 amide bonds. The highest BCUT2D eigenvalue weighted by atomic mass is 127. The van der Waals surface area contributed by atoms with Gasteiger partial charge in [0.05, 0.1) is 12.6 Å². The first kappa shape index (κ1) is 19.0. The summed E-state index contributed by atoms with van der Waals surface area (Å²) in [6.45, 7) is 3.84. The van der Waals surface area contributed by atoms with Gasteiger partial charge >= 0.3 is 0 Å². The summed E-state index contributed by atoms with van der Waals surface area (Å²) in [7, 11) is 2.02. The summed E-state index contributed by atoms with van der Waals surface area (Å²) in [5.41, 5.74) is 1.75. The van der Waals surface area contributed by atoms with E-state index in [1.807, 2.05) is 31.3 Å². The zero-order chi connectivity index (χ0) is 16.1. The van der Waals surface area contributed by atoms with E-state index in [0.717, 1.165) is 44.1 Å². The third-order valence-corrected chi connectivity index (χ3v) is 4.21. The molecule has 1 unspecified atom stereocenters. The van der Waals surface area contributed by atoms with Crippen LogP contribution in [-0.4, -0.2) is 56.2 Å². The Balaban J connectivity index is 0.00000208. The van der Waals surface area contributed by atoms with Gasteiger partial charge in [0.15, 0.2) is 5.96 Å². The molecule has 0 spiro atoms. The smallest absolute Gasteiger partial charge is 0.251 e. The Morgan fingerprint density at radius 3 is 3.04 bits per heavy atom. The van der Waals surface area contributed by atoms with Crippen molar-refractivity contribution in [2.75, 3.05) is 33.3 Å². The van der Waals surface area contributed by atoms with Gasteiger partial charge in [0.2, 0.25) is 0 Å². The lowest BCUT2D eigenvalue weighted by molar-refractivity contribution is 0.0857. The molecule has 1 saturated heterocycles. The Hall–Kier alpha value is -1.35. The van der Waals surface area contributed by atoms with Crippen LogP contribution in [-0.2, 0) is 11.3 Å². The van der Waals surface area contributed by atoms with Crippen LogP contribution in [0, 0.1) is 0 Å². The van der Waals surface area contributed by atoms with Gasteiger partial charge in [-0.15, -0.1) is 24.0 Å². The number of hydrogen-bond acceptors (Lipinski definition) is 5. The van der Waals surface area contributed by atoms with E-state index in [-0.39, 0.29) is 36.0 Å². The number of ether oxygens (including phenoxy) is 1. The summed E-state index contributed by atoms with van der Waals surface area (Å²) in [6, 6.07) is 7.69. The van der Waals surface area contributed by atoms with Gasteiger partial charge in [-0.3, -0.25) is 9.79 Å². The Labute approximate surface area is 160 Å². The quantitative estimate of drug-likeness (QED) is 0.678. The molecule has 2 heterocycles. The van der Waals surface area contributed by atoms with Crippen molar-refractivity contribution < 1.29 is 9.53 Å². The van der Waals surface area contributed by atoms with Crippen LogP contribution in [0.2, 0.25) is 0 Å². The molecular weight excluding hydrogens is 419 g/mol. The minimum Gasteiger partial charge on any atom is -0.376 e. The maximum absolute atomic E-state index is 12.2. The van der Waals surface area contributed by atoms with Gasteiger partial charge in [0.1, 0.15) is 0 Å². The van der Waals surface area contributed by atoms with Crippen LogP contribution in [0.3, 0.4) is 0 Å². The second kappa shape index (κ2) is 9.22. The predicted molar refractivity (Wildman–Crippen MR) is 105 cm³/mol. The molecule has 0 bridgehead atoms. The van der Waals surface area contributed by atoms with Gasteiger partial charge in [-0.2, -0.15) is 0 Å². The number of amides is 1. The second-order valence-electron chi connectivity index (χ2n) is 6.03. The van der Waals surface area contributed by atoms with Crippen molar-refractivity contribution in [1.29, 1.82) is 0 Å². The maximum atomic E-state index is 12.2. The molecule has 2 N–H and O–H groups in total. The third kappa shape index (κ3) is 5.07. The molecule has 3 rings (SSSR count). The standard InChI is InChI=1S/C17H24N4O2.HI/c1-21-8-7-18-17(21)20-11-13-4-2-5-14(10-13)16(22)19-12-15-6-3-9-23-15;/h2,4-5,10,15H,3,6-9,11-12H2,1H3,(H,18,20)(H,19,22);1H. The van der Waals surface area contributed by atoms with Crippen molar-refractivity contribution in [2.24, 2.45) is 4.99 Å². The highest BCUT2D eigenvalue weighted by Crippen LogP contribution is 2.11. The van der Waals surface area contributed by atoms with Crippen LogP contribution < -0.4 is 10.6 Å². The lowest BCUT2D eigenvalue weighted by Crippen LogP contribution is -2.35. The fraction of sp³-hybridized carbons (Fsp3) is 0.529. The average molecular weight is 444 g/mol. The highest BCUT2D eigenvalue weighted by Gasteiger charge is 2.17. The van der Waals surface area contributed by atoms with Crippen molar-refractivity contribution in [2.45, 2.75) is 25.5 Å². The van der Waals surface area contributed by atoms with Crippen LogP contribution in [0.25, 0.3) is 0 Å². The Bertz CT molecular complexity index is 588. The zero-order valence-corrected chi connectivity index (χ0v) is 16.3. The Kier molecular flexibility index (Phi) is 7.29. The largest absolute Gasteiger partial charge is 0.376 e. The number of likely N-dealkylation sites (N-methyl/N-ethyl adjacent to an activating group) is 1. The number of carbonyl (C=O) groups excluding carboxylic acids is 1. The Morgan fingerprint density at radius 2 is 2.33 bits per heavy atom. The minimum atomic E-state index is -0.0438. The van der Waals surface area contributed by atoms with E-state index in [9.17, 15) is 4.79 Å². The first-order valence-electron chi connectivity index (χ1n) is 8.20. The van der Waals surface area contributed by atoms with Gasteiger partial charge in [-0.05, 0) is 30.5 Å². The summed E-state index contributed by atoms with van der Waals surface area (Å²) in [5.74, 6) is 0.871. The molecule has 2 aliphatic heterocycles. The number of hydrogen-bond donors (Lipinski definition) is 2. The number of nitrogens with one attached hydrogen (secondary N) is 2. The van der Waals surface area contributed by atoms with E-state index in [1.54, 1.807) is 0 Å². The SMILES string of the molecule is CN1CCN=C1NCc1cccc(C(=O)NCC2CCCO2)c1.I. The topological polar surface area (TPSA) is 66.0 Å². The summed E-state index contributed by atoms with van der Waals surface area (Å²) in [4.78, 5) is 18.7. The second-order valence-corrected chi connectivity index (χ2v) is 6.03. The summed E-state index contributed by atoms with van der Waals surface area (Å²) < 4.78 is 5.53. The van der Waals surface area contributed by atoms with E-state index in [4.69, 9.17) is 4.74 Å². The molecule has 0 saturated carbocycles. The average Bonchev–Trinajstić information content (AvgIpc) is 3.22. The molecule has 24 heavy (non-hydrogen) atoms. The van der Waals surface area contributed by atoms with Gasteiger partial charge in [0, 0.05) is 38.9 Å². The summed E-state index contributed by atoms with van der Waals surface area (Å²) in [5, 5.41) is 6.27. The fourth-order valence-corrected chi connectivity index (χ4v) is 2.84. The van der Waals surface area contributed by atoms with Crippen LogP contribution in [0.4, 0.5) is 0 Å². The molecule has 1 aromatic rings. The number of carbonyl (C=O) groups is 1. The number of nitrogens with zero attached hydrogens (tertiary/aromatic N) is 2. The normalized spacial score (nSPS) is 19.6. The summed E-state index contributed by atoms with van der Waals surface area (Å²) >= 11 is 0. The molecule has 132 valence electrons. The minimum absolute atomic E-state index is 0. The molecule has 1 aromatic carbocycles. The first-order valence-corrected chi connectivity index (χ1v) is 8.20. The molecule has 6 nitrogen and oxygen atoms in total. The first-order chi connectivity index (χ1) is 11.2. The number of rotatable bonds is 5. The number of halogens is 1. The van der Waals surface area contributed by atoms with Gasteiger partial charge < -0.3 is 20.3 Å². The van der Waals surface area contributed by atoms with Crippen LogP contribution in [0.1, 0.15) is 28.8 Å². The molecule has 0 radical (unpaired) electrons. The number of aliphatic imine (C=N–C) groups is 1. The molecule has 7 heteroatoms. The van der Waals surface area contributed by atoms with Crippen molar-refractivity contribution in [3.05, 3.63) is 35.4 Å². The fourth-order valence-electron chi connectivity index (χ4n) is 2.84. The summed E-state index contributed by atoms with van der Waals surface area (Å²) in [6.07, 6.45) is 2.28. The third-order valence-electron chi connectivity index (χ3n) is 4.21. The molecule has 1 fully saturated rings. The lowest BCUT2D eigenvalue weighted by atomic mass is 10.1. The van der Waals surface area contributed by atoms with Crippen LogP contribution >= 0.6 is 24.0 Å². The Morgan fingerprint density at radius 1 is 1.46 bits per heavy atom. The highest BCUT2D eigenvalue weighted by molar-refractivity contribution is 14.0. The van der Waals surface area contributed by atoms with E-state index in [2.05, 4.69) is 20.5 Å². The van der Waals surface area contributed by atoms with Crippen molar-refractivity contribution in [3.8, 4) is 0 Å². The van der Waals surface area contributed by atoms with E-state index >= 15 is 0 Å². The van der Waals surface area contributed by atoms with Crippen molar-refractivity contribution in [1.82, 2.24) is 15.5 Å². The van der Waals surface area contributed by atoms with Crippen LogP contribution in [0.5, 0.6) is 0 Å². The van der Waals surface area contributed by atoms with E-state index in [0.29, 0.717) is 18.7 Å². The van der Waals surface area contributed by atoms with Gasteiger partial charge in [-0.25, -0.2) is 0 Å². The number of guanidine groups is 1. The molecular formula is C17H25IN4O2. The van der Waals surface area contributed by atoms with Crippen LogP contribution in [0.15, 0.2) is 29.3 Å². The van der Waals surface area contributed by atoms with Crippen molar-refractivity contribution in [3.63, 3.8) is 0 Å². The van der Waals surface area contributed by atoms with E-state index in [1.165, 1.54) is 0 Å². The molecule has 0 aliphatic carbocycles. The predicted octanol–water partition coefficient (Wildman–Crippen LogP) is 1.60. The van der Waals surface area contributed by atoms with E-state index < -0.39 is 0 Å². The molecule has 1 atom stereocenters. The molecule has 0 aromatic heterocycles. The van der Waals surface area contributed by atoms with Gasteiger partial charge in [-0.1, -0.05) is 12.1 Å². The zero-order valence-electron chi connectivity index (χ0n) is 14.0. The monoisotopic (exact) mass is 444 g/mol.